The molecule has 2 amide bonds. The number of ether oxygens (including phenoxy) is 1. The molecule has 0 aromatic heterocycles. The summed E-state index contributed by atoms with van der Waals surface area (Å²) in [4.78, 5) is 26.0. The van der Waals surface area contributed by atoms with Gasteiger partial charge in [0.1, 0.15) is 5.75 Å². The summed E-state index contributed by atoms with van der Waals surface area (Å²) in [5.41, 5.74) is 5.32. The number of carboxylic acids is 1. The predicted octanol–water partition coefficient (Wildman–Crippen LogP) is 6.94. The molecule has 1 aliphatic rings. The number of hydrogen-bond acceptors (Lipinski definition) is 3. The van der Waals surface area contributed by atoms with E-state index in [0.717, 1.165) is 54.4 Å². The van der Waals surface area contributed by atoms with Crippen molar-refractivity contribution < 1.29 is 19.4 Å². The van der Waals surface area contributed by atoms with Crippen LogP contribution in [0, 0.1) is 11.8 Å². The number of urea groups is 1. The Hall–Kier alpha value is -4.24. The lowest BCUT2D eigenvalue weighted by Crippen LogP contribution is -2.46. The molecular formula is C35H40N2O4. The van der Waals surface area contributed by atoms with Crippen molar-refractivity contribution in [3.8, 4) is 17.6 Å². The summed E-state index contributed by atoms with van der Waals surface area (Å²) < 4.78 is 5.19. The van der Waals surface area contributed by atoms with Crippen molar-refractivity contribution in [2.75, 3.05) is 6.61 Å². The second kappa shape index (κ2) is 15.5. The summed E-state index contributed by atoms with van der Waals surface area (Å²) in [6.07, 6.45) is 9.05. The Morgan fingerprint density at radius 1 is 0.854 bits per heavy atom. The van der Waals surface area contributed by atoms with Crippen LogP contribution < -0.4 is 10.1 Å². The van der Waals surface area contributed by atoms with E-state index >= 15 is 0 Å². The number of hydrogen-bond donors (Lipinski definition) is 2. The van der Waals surface area contributed by atoms with Gasteiger partial charge in [-0.3, -0.25) is 0 Å². The minimum absolute atomic E-state index is 0.0747. The fraction of sp³-hybridized carbons (Fsp3) is 0.371. The van der Waals surface area contributed by atoms with Gasteiger partial charge >= 0.3 is 12.0 Å². The fourth-order valence-corrected chi connectivity index (χ4v) is 5.06. The van der Waals surface area contributed by atoms with Crippen LogP contribution in [-0.4, -0.2) is 34.7 Å². The molecule has 0 atom stereocenters. The highest BCUT2D eigenvalue weighted by Gasteiger charge is 2.25. The van der Waals surface area contributed by atoms with Gasteiger partial charge in [-0.2, -0.15) is 0 Å². The minimum atomic E-state index is -1.02. The molecule has 6 nitrogen and oxygen atoms in total. The molecule has 0 saturated heterocycles. The van der Waals surface area contributed by atoms with E-state index < -0.39 is 5.97 Å². The highest BCUT2D eigenvalue weighted by atomic mass is 16.5. The van der Waals surface area contributed by atoms with E-state index in [2.05, 4.69) is 60.5 Å². The molecule has 6 heteroatoms. The summed E-state index contributed by atoms with van der Waals surface area (Å²) in [5.74, 6) is 6.00. The zero-order valence-corrected chi connectivity index (χ0v) is 23.9. The average molecular weight is 553 g/mol. The van der Waals surface area contributed by atoms with Crippen molar-refractivity contribution in [3.63, 3.8) is 0 Å². The number of nitrogens with one attached hydrogen (secondary N) is 1. The molecule has 41 heavy (non-hydrogen) atoms. The van der Waals surface area contributed by atoms with Crippen LogP contribution in [0.15, 0.2) is 72.8 Å². The molecule has 4 rings (SSSR count). The average Bonchev–Trinajstić information content (AvgIpc) is 3.01. The van der Waals surface area contributed by atoms with E-state index in [1.54, 1.807) is 12.1 Å². The smallest absolute Gasteiger partial charge is 0.341 e. The molecule has 3 aromatic carbocycles. The topological polar surface area (TPSA) is 78.9 Å². The number of carbonyl (C=O) groups is 2. The van der Waals surface area contributed by atoms with E-state index in [1.165, 1.54) is 24.8 Å². The third-order valence-corrected chi connectivity index (χ3v) is 7.44. The van der Waals surface area contributed by atoms with Gasteiger partial charge in [0.2, 0.25) is 0 Å². The SMILES string of the molecule is CCCCc1ccc(C#Cc2ccc(CN(C(=O)NCc3ccc(OCC(=O)O)cc3)C3CCCCC3)cc2)cc1. The van der Waals surface area contributed by atoms with Gasteiger partial charge in [-0.15, -0.1) is 0 Å². The van der Waals surface area contributed by atoms with E-state index in [-0.39, 0.29) is 18.7 Å². The molecule has 3 aromatic rings. The van der Waals surface area contributed by atoms with E-state index in [1.807, 2.05) is 29.2 Å². The van der Waals surface area contributed by atoms with Crippen LogP contribution in [0.4, 0.5) is 4.79 Å². The number of aryl methyl sites for hydroxylation is 1. The van der Waals surface area contributed by atoms with Gasteiger partial charge in [0.15, 0.2) is 6.61 Å². The highest BCUT2D eigenvalue weighted by Crippen LogP contribution is 2.24. The zero-order chi connectivity index (χ0) is 28.9. The van der Waals surface area contributed by atoms with Gasteiger partial charge in [0, 0.05) is 30.3 Å². The van der Waals surface area contributed by atoms with Crippen LogP contribution in [0.25, 0.3) is 0 Å². The largest absolute Gasteiger partial charge is 0.482 e. The number of nitrogens with zero attached hydrogens (tertiary/aromatic N) is 1. The van der Waals surface area contributed by atoms with Crippen LogP contribution in [0.1, 0.15) is 79.7 Å². The Morgan fingerprint density at radius 3 is 2.02 bits per heavy atom. The van der Waals surface area contributed by atoms with Crippen molar-refractivity contribution in [1.82, 2.24) is 10.2 Å². The Morgan fingerprint density at radius 2 is 1.44 bits per heavy atom. The molecule has 0 radical (unpaired) electrons. The number of aliphatic carboxylic acids is 1. The van der Waals surface area contributed by atoms with Crippen LogP contribution in [0.5, 0.6) is 5.75 Å². The zero-order valence-electron chi connectivity index (χ0n) is 23.9. The molecule has 214 valence electrons. The van der Waals surface area contributed by atoms with Crippen molar-refractivity contribution in [3.05, 3.63) is 101 Å². The van der Waals surface area contributed by atoms with Crippen LogP contribution in [0.3, 0.4) is 0 Å². The molecule has 1 fully saturated rings. The van der Waals surface area contributed by atoms with Crippen molar-refractivity contribution >= 4 is 12.0 Å². The van der Waals surface area contributed by atoms with Gasteiger partial charge in [-0.1, -0.05) is 80.8 Å². The highest BCUT2D eigenvalue weighted by molar-refractivity contribution is 5.74. The summed E-state index contributed by atoms with van der Waals surface area (Å²) in [7, 11) is 0. The number of carboxylic acid groups (broad SMARTS) is 1. The normalized spacial score (nSPS) is 13.1. The number of rotatable bonds is 11. The van der Waals surface area contributed by atoms with E-state index in [4.69, 9.17) is 9.84 Å². The summed E-state index contributed by atoms with van der Waals surface area (Å²) in [6.45, 7) is 2.76. The van der Waals surface area contributed by atoms with Crippen LogP contribution in [0.2, 0.25) is 0 Å². The van der Waals surface area contributed by atoms with Crippen LogP contribution in [-0.2, 0) is 24.3 Å². The third kappa shape index (κ3) is 9.72. The Bertz CT molecular complexity index is 1320. The molecule has 0 unspecified atom stereocenters. The third-order valence-electron chi connectivity index (χ3n) is 7.44. The first kappa shape index (κ1) is 29.7. The number of amides is 2. The molecular weight excluding hydrogens is 512 g/mol. The maximum atomic E-state index is 13.4. The lowest BCUT2D eigenvalue weighted by Gasteiger charge is -2.34. The Kier molecular flexibility index (Phi) is 11.3. The van der Waals surface area contributed by atoms with Crippen molar-refractivity contribution in [1.29, 1.82) is 0 Å². The predicted molar refractivity (Wildman–Crippen MR) is 162 cm³/mol. The molecule has 2 N–H and O–H groups in total. The molecule has 1 saturated carbocycles. The van der Waals surface area contributed by atoms with Gasteiger partial charge < -0.3 is 20.1 Å². The number of unbranched alkanes of at least 4 members (excludes halogenated alkanes) is 1. The lowest BCUT2D eigenvalue weighted by atomic mass is 9.94. The van der Waals surface area contributed by atoms with Gasteiger partial charge in [0.25, 0.3) is 0 Å². The van der Waals surface area contributed by atoms with Crippen molar-refractivity contribution in [2.24, 2.45) is 0 Å². The first-order valence-corrected chi connectivity index (χ1v) is 14.7. The lowest BCUT2D eigenvalue weighted by molar-refractivity contribution is -0.139. The molecule has 0 aliphatic heterocycles. The van der Waals surface area contributed by atoms with Gasteiger partial charge in [-0.25, -0.2) is 9.59 Å². The van der Waals surface area contributed by atoms with Gasteiger partial charge in [-0.05, 0) is 78.8 Å². The fourth-order valence-electron chi connectivity index (χ4n) is 5.06. The molecule has 0 spiro atoms. The van der Waals surface area contributed by atoms with E-state index in [0.29, 0.717) is 18.8 Å². The van der Waals surface area contributed by atoms with E-state index in [9.17, 15) is 9.59 Å². The quantitative estimate of drug-likeness (QED) is 0.253. The maximum Gasteiger partial charge on any atom is 0.341 e. The first-order valence-electron chi connectivity index (χ1n) is 14.7. The maximum absolute atomic E-state index is 13.4. The molecule has 0 bridgehead atoms. The monoisotopic (exact) mass is 552 g/mol. The molecule has 0 heterocycles. The Labute approximate surface area is 243 Å². The summed E-state index contributed by atoms with van der Waals surface area (Å²) in [6, 6.07) is 24.0. The number of benzene rings is 3. The second-order valence-electron chi connectivity index (χ2n) is 10.7. The first-order chi connectivity index (χ1) is 20.0. The van der Waals surface area contributed by atoms with Crippen molar-refractivity contribution in [2.45, 2.75) is 77.4 Å². The molecule has 1 aliphatic carbocycles. The summed E-state index contributed by atoms with van der Waals surface area (Å²) >= 11 is 0. The van der Waals surface area contributed by atoms with Gasteiger partial charge in [0.05, 0.1) is 0 Å². The van der Waals surface area contributed by atoms with Crippen LogP contribution >= 0.6 is 0 Å². The second-order valence-corrected chi connectivity index (χ2v) is 10.7. The number of carbonyl (C=O) groups excluding carboxylic acids is 1. The summed E-state index contributed by atoms with van der Waals surface area (Å²) in [5, 5.41) is 11.8. The minimum Gasteiger partial charge on any atom is -0.482 e. The standard InChI is InChI=1S/C35H40N2O4/c1-2-3-7-27-10-12-28(13-11-27)14-15-29-16-18-31(19-17-29)25-37(32-8-5-4-6-9-32)35(40)36-24-30-20-22-33(23-21-30)41-26-34(38)39/h10-13,16-23,32H,2-9,24-26H2,1H3,(H,36,40)(H,38,39). The Balaban J connectivity index is 1.36.